The van der Waals surface area contributed by atoms with Gasteiger partial charge in [-0.05, 0) is 13.3 Å². The molecule has 0 spiro atoms. The van der Waals surface area contributed by atoms with Crippen LogP contribution in [0.3, 0.4) is 0 Å². The second kappa shape index (κ2) is 9.66. The maximum absolute atomic E-state index is 11.2. The standard InChI is InChI=1S/C11H22NO4P/c1-3-4-5-6-7-8-10(12)11(9(2)13)16-17(14)15/h10-11H,3-8,12H2,1-2H3/p+1. The van der Waals surface area contributed by atoms with E-state index in [0.717, 1.165) is 19.3 Å². The van der Waals surface area contributed by atoms with Gasteiger partial charge >= 0.3 is 8.25 Å². The van der Waals surface area contributed by atoms with Gasteiger partial charge in [-0.2, -0.15) is 0 Å². The van der Waals surface area contributed by atoms with Crippen LogP contribution in [-0.4, -0.2) is 22.8 Å². The molecule has 0 aliphatic heterocycles. The van der Waals surface area contributed by atoms with E-state index < -0.39 is 20.4 Å². The maximum atomic E-state index is 11.2. The number of carbonyl (C=O) groups is 1. The quantitative estimate of drug-likeness (QED) is 0.466. The first-order chi connectivity index (χ1) is 7.99. The number of hydrogen-bond donors (Lipinski definition) is 2. The Labute approximate surface area is 104 Å². The zero-order valence-corrected chi connectivity index (χ0v) is 11.5. The second-order valence-corrected chi connectivity index (χ2v) is 4.93. The van der Waals surface area contributed by atoms with Crippen molar-refractivity contribution in [3.8, 4) is 0 Å². The van der Waals surface area contributed by atoms with Crippen molar-refractivity contribution < 1.29 is 18.8 Å². The second-order valence-electron chi connectivity index (χ2n) is 4.24. The fraction of sp³-hybridized carbons (Fsp3) is 0.909. The molecule has 0 heterocycles. The van der Waals surface area contributed by atoms with Crippen LogP contribution in [0, 0.1) is 0 Å². The van der Waals surface area contributed by atoms with Crippen LogP contribution in [0.25, 0.3) is 0 Å². The van der Waals surface area contributed by atoms with Crippen LogP contribution in [0.4, 0.5) is 0 Å². The predicted molar refractivity (Wildman–Crippen MR) is 66.7 cm³/mol. The maximum Gasteiger partial charge on any atom is 0.695 e. The van der Waals surface area contributed by atoms with Crippen LogP contribution in [0.2, 0.25) is 0 Å². The molecule has 0 amide bonds. The SMILES string of the molecule is CCCCCCCC(N)C(O[P+](=O)O)C(C)=O. The van der Waals surface area contributed by atoms with Crippen LogP contribution in [0.5, 0.6) is 0 Å². The molecule has 0 rings (SSSR count). The molecular weight excluding hydrogens is 241 g/mol. The summed E-state index contributed by atoms with van der Waals surface area (Å²) in [5, 5.41) is 0. The third kappa shape index (κ3) is 8.38. The van der Waals surface area contributed by atoms with Crippen LogP contribution in [-0.2, 0) is 13.9 Å². The molecule has 3 N–H and O–H groups in total. The third-order valence-electron chi connectivity index (χ3n) is 2.63. The van der Waals surface area contributed by atoms with Crippen molar-refractivity contribution in [1.29, 1.82) is 0 Å². The number of nitrogens with two attached hydrogens (primary N) is 1. The van der Waals surface area contributed by atoms with Crippen molar-refractivity contribution in [3.63, 3.8) is 0 Å². The summed E-state index contributed by atoms with van der Waals surface area (Å²) in [4.78, 5) is 19.9. The molecule has 0 aliphatic rings. The molecule has 0 radical (unpaired) electrons. The lowest BCUT2D eigenvalue weighted by Gasteiger charge is -2.15. The van der Waals surface area contributed by atoms with Gasteiger partial charge in [0, 0.05) is 10.6 Å². The summed E-state index contributed by atoms with van der Waals surface area (Å²) >= 11 is 0. The number of unbranched alkanes of at least 4 members (excludes halogenated alkanes) is 4. The summed E-state index contributed by atoms with van der Waals surface area (Å²) in [7, 11) is -2.78. The molecule has 0 saturated carbocycles. The van der Waals surface area contributed by atoms with Gasteiger partial charge in [0.05, 0.1) is 0 Å². The van der Waals surface area contributed by atoms with Crippen molar-refractivity contribution >= 4 is 14.0 Å². The zero-order valence-electron chi connectivity index (χ0n) is 10.6. The largest absolute Gasteiger partial charge is 0.695 e. The van der Waals surface area contributed by atoms with Crippen LogP contribution in [0.1, 0.15) is 52.4 Å². The summed E-state index contributed by atoms with van der Waals surface area (Å²) in [6, 6.07) is -0.500. The van der Waals surface area contributed by atoms with Crippen molar-refractivity contribution in [2.24, 2.45) is 5.73 Å². The first kappa shape index (κ1) is 16.6. The first-order valence-corrected chi connectivity index (χ1v) is 7.21. The average Bonchev–Trinajstić information content (AvgIpc) is 2.24. The van der Waals surface area contributed by atoms with E-state index in [1.807, 2.05) is 0 Å². The Balaban J connectivity index is 3.93. The highest BCUT2D eigenvalue weighted by atomic mass is 31.1. The van der Waals surface area contributed by atoms with E-state index in [2.05, 4.69) is 11.4 Å². The molecule has 0 fully saturated rings. The van der Waals surface area contributed by atoms with Crippen molar-refractivity contribution in [1.82, 2.24) is 0 Å². The minimum absolute atomic E-state index is 0.302. The highest BCUT2D eigenvalue weighted by molar-refractivity contribution is 7.32. The lowest BCUT2D eigenvalue weighted by atomic mass is 10.0. The minimum Gasteiger partial charge on any atom is -0.325 e. The Morgan fingerprint density at radius 1 is 1.35 bits per heavy atom. The van der Waals surface area contributed by atoms with E-state index in [1.54, 1.807) is 0 Å². The minimum atomic E-state index is -2.78. The van der Waals surface area contributed by atoms with Gasteiger partial charge in [0.2, 0.25) is 0 Å². The van der Waals surface area contributed by atoms with Gasteiger partial charge in [0.15, 0.2) is 11.9 Å². The number of carbonyl (C=O) groups excluding carboxylic acids is 1. The van der Waals surface area contributed by atoms with E-state index >= 15 is 0 Å². The summed E-state index contributed by atoms with van der Waals surface area (Å²) in [5.41, 5.74) is 5.80. The summed E-state index contributed by atoms with van der Waals surface area (Å²) in [6.45, 7) is 3.46. The summed E-state index contributed by atoms with van der Waals surface area (Å²) < 4.78 is 15.2. The first-order valence-electron chi connectivity index (χ1n) is 6.08. The Morgan fingerprint density at radius 3 is 2.41 bits per heavy atom. The molecular formula is C11H23NO4P+. The molecule has 17 heavy (non-hydrogen) atoms. The van der Waals surface area contributed by atoms with Gasteiger partial charge in [-0.3, -0.25) is 4.79 Å². The molecule has 6 heteroatoms. The fourth-order valence-corrected chi connectivity index (χ4v) is 2.19. The van der Waals surface area contributed by atoms with Gasteiger partial charge in [-0.1, -0.05) is 39.0 Å². The average molecular weight is 264 g/mol. The molecule has 3 unspecified atom stereocenters. The Morgan fingerprint density at radius 2 is 1.94 bits per heavy atom. The van der Waals surface area contributed by atoms with Crippen molar-refractivity contribution in [2.75, 3.05) is 0 Å². The summed E-state index contributed by atoms with van der Waals surface area (Å²) in [6.07, 6.45) is 5.18. The fourth-order valence-electron chi connectivity index (χ4n) is 1.69. The molecule has 5 nitrogen and oxygen atoms in total. The van der Waals surface area contributed by atoms with Crippen molar-refractivity contribution in [3.05, 3.63) is 0 Å². The van der Waals surface area contributed by atoms with Crippen LogP contribution < -0.4 is 5.73 Å². The topological polar surface area (TPSA) is 89.6 Å². The van der Waals surface area contributed by atoms with Gasteiger partial charge in [-0.25, -0.2) is 0 Å². The Hall–Kier alpha value is -0.350. The highest BCUT2D eigenvalue weighted by Crippen LogP contribution is 2.22. The van der Waals surface area contributed by atoms with Gasteiger partial charge < -0.3 is 5.73 Å². The number of ketones is 1. The van der Waals surface area contributed by atoms with Gasteiger partial charge in [0.25, 0.3) is 0 Å². The predicted octanol–water partition coefficient (Wildman–Crippen LogP) is 2.30. The Bertz CT molecular complexity index is 248. The smallest absolute Gasteiger partial charge is 0.325 e. The molecule has 0 aromatic heterocycles. The molecule has 0 bridgehead atoms. The van der Waals surface area contributed by atoms with E-state index in [1.165, 1.54) is 19.8 Å². The number of hydrogen-bond acceptors (Lipinski definition) is 4. The van der Waals surface area contributed by atoms with E-state index in [0.29, 0.717) is 6.42 Å². The van der Waals surface area contributed by atoms with Gasteiger partial charge in [0.1, 0.15) is 0 Å². The van der Waals surface area contributed by atoms with E-state index in [-0.39, 0.29) is 5.78 Å². The van der Waals surface area contributed by atoms with Crippen molar-refractivity contribution in [2.45, 2.75) is 64.5 Å². The molecule has 0 saturated heterocycles. The molecule has 3 atom stereocenters. The highest BCUT2D eigenvalue weighted by Gasteiger charge is 2.32. The normalized spacial score (nSPS) is 15.4. The van der Waals surface area contributed by atoms with Crippen LogP contribution in [0.15, 0.2) is 0 Å². The van der Waals surface area contributed by atoms with Crippen LogP contribution >= 0.6 is 8.25 Å². The lowest BCUT2D eigenvalue weighted by Crippen LogP contribution is -2.40. The lowest BCUT2D eigenvalue weighted by molar-refractivity contribution is -0.124. The third-order valence-corrected chi connectivity index (χ3v) is 3.04. The summed E-state index contributed by atoms with van der Waals surface area (Å²) in [5.74, 6) is -0.302. The van der Waals surface area contributed by atoms with E-state index in [4.69, 9.17) is 10.6 Å². The number of Topliss-reactive ketones (excluding diaryl/α,β-unsaturated/α-hetero) is 1. The molecule has 0 aromatic rings. The molecule has 100 valence electrons. The Kier molecular flexibility index (Phi) is 9.46. The molecule has 0 aliphatic carbocycles. The zero-order chi connectivity index (χ0) is 13.3. The van der Waals surface area contributed by atoms with Gasteiger partial charge in [-0.15, -0.1) is 9.42 Å². The number of rotatable bonds is 10. The monoisotopic (exact) mass is 264 g/mol. The molecule has 0 aromatic carbocycles. The van der Waals surface area contributed by atoms with E-state index in [9.17, 15) is 9.36 Å².